The van der Waals surface area contributed by atoms with Crippen LogP contribution in [0.15, 0.2) is 29.5 Å². The zero-order valence-corrected chi connectivity index (χ0v) is 18.5. The number of benzene rings is 1. The predicted octanol–water partition coefficient (Wildman–Crippen LogP) is 4.93. The summed E-state index contributed by atoms with van der Waals surface area (Å²) >= 11 is 0. The number of likely N-dealkylation sites (tertiary alicyclic amines) is 1. The highest BCUT2D eigenvalue weighted by Crippen LogP contribution is 2.34. The van der Waals surface area contributed by atoms with Crippen molar-refractivity contribution in [2.24, 2.45) is 0 Å². The Bertz CT molecular complexity index is 982. The van der Waals surface area contributed by atoms with E-state index in [0.29, 0.717) is 43.7 Å². The number of allylic oxidation sites excluding steroid dienone is 1. The van der Waals surface area contributed by atoms with Gasteiger partial charge in [-0.15, -0.1) is 0 Å². The molecule has 0 aromatic heterocycles. The maximum Gasteiger partial charge on any atom is 0.534 e. The molecule has 1 aromatic rings. The van der Waals surface area contributed by atoms with Gasteiger partial charge in [0, 0.05) is 25.1 Å². The zero-order valence-electron chi connectivity index (χ0n) is 17.7. The van der Waals surface area contributed by atoms with Gasteiger partial charge in [0.2, 0.25) is 0 Å². The predicted molar refractivity (Wildman–Crippen MR) is 110 cm³/mol. The third-order valence-electron chi connectivity index (χ3n) is 5.86. The van der Waals surface area contributed by atoms with E-state index in [9.17, 15) is 26.4 Å². The molecule has 3 rings (SSSR count). The van der Waals surface area contributed by atoms with Crippen LogP contribution in [0.25, 0.3) is 0 Å². The lowest BCUT2D eigenvalue weighted by Crippen LogP contribution is -2.36. The summed E-state index contributed by atoms with van der Waals surface area (Å²) in [6, 6.07) is 5.66. The van der Waals surface area contributed by atoms with Gasteiger partial charge in [-0.2, -0.15) is 21.6 Å². The molecule has 7 nitrogen and oxygen atoms in total. The molecule has 0 spiro atoms. The second kappa shape index (κ2) is 9.60. The van der Waals surface area contributed by atoms with Crippen molar-refractivity contribution in [2.75, 3.05) is 19.7 Å². The Hall–Kier alpha value is -2.43. The van der Waals surface area contributed by atoms with E-state index in [1.54, 1.807) is 6.07 Å². The summed E-state index contributed by atoms with van der Waals surface area (Å²) in [5.41, 5.74) is -3.15. The molecule has 0 bridgehead atoms. The van der Waals surface area contributed by atoms with E-state index in [-0.39, 0.29) is 24.7 Å². The molecular formula is C21H26F3NO6S. The Balaban J connectivity index is 1.67. The van der Waals surface area contributed by atoms with E-state index in [0.717, 1.165) is 24.0 Å². The summed E-state index contributed by atoms with van der Waals surface area (Å²) in [7, 11) is -5.70. The minimum atomic E-state index is -5.70. The van der Waals surface area contributed by atoms with E-state index in [2.05, 4.69) is 4.18 Å². The van der Waals surface area contributed by atoms with Gasteiger partial charge >= 0.3 is 21.7 Å². The highest BCUT2D eigenvalue weighted by Gasteiger charge is 2.49. The summed E-state index contributed by atoms with van der Waals surface area (Å²) in [6.45, 7) is 2.76. The number of ether oxygens (including phenoxy) is 1. The van der Waals surface area contributed by atoms with Gasteiger partial charge < -0.3 is 18.9 Å². The lowest BCUT2D eigenvalue weighted by molar-refractivity contribution is -0.0525. The van der Waals surface area contributed by atoms with Crippen LogP contribution >= 0.6 is 0 Å². The van der Waals surface area contributed by atoms with Gasteiger partial charge in [-0.1, -0.05) is 12.1 Å². The van der Waals surface area contributed by atoms with E-state index in [4.69, 9.17) is 9.84 Å². The van der Waals surface area contributed by atoms with Crippen molar-refractivity contribution in [3.8, 4) is 5.75 Å². The van der Waals surface area contributed by atoms with Gasteiger partial charge in [0.25, 0.3) is 0 Å². The largest absolute Gasteiger partial charge is 0.534 e. The van der Waals surface area contributed by atoms with Crippen LogP contribution in [0.1, 0.15) is 55.6 Å². The number of aryl methyl sites for hydroxylation is 1. The number of carbonyl (C=O) groups is 1. The molecule has 0 radical (unpaired) electrons. The summed E-state index contributed by atoms with van der Waals surface area (Å²) in [4.78, 5) is 12.5. The first kappa shape index (κ1) is 24.2. The molecule has 1 heterocycles. The van der Waals surface area contributed by atoms with Gasteiger partial charge in [0.1, 0.15) is 18.1 Å². The maximum absolute atomic E-state index is 12.7. The fourth-order valence-corrected chi connectivity index (χ4v) is 4.59. The number of nitrogens with zero attached hydrogens (tertiary/aromatic N) is 1. The molecule has 1 fully saturated rings. The fraction of sp³-hybridized carbons (Fsp3) is 0.571. The summed E-state index contributed by atoms with van der Waals surface area (Å²) < 4.78 is 71.0. The molecular weight excluding hydrogens is 451 g/mol. The topological polar surface area (TPSA) is 93.1 Å². The number of piperidine rings is 1. The summed E-state index contributed by atoms with van der Waals surface area (Å²) in [5.74, 6) is 0.604. The number of hydrogen-bond acceptors (Lipinski definition) is 5. The van der Waals surface area contributed by atoms with Crippen molar-refractivity contribution in [3.05, 3.63) is 40.7 Å². The monoisotopic (exact) mass is 477 g/mol. The molecule has 1 N–H and O–H groups in total. The average molecular weight is 478 g/mol. The van der Waals surface area contributed by atoms with Crippen molar-refractivity contribution in [1.82, 2.24) is 4.90 Å². The van der Waals surface area contributed by atoms with Crippen LogP contribution < -0.4 is 4.74 Å². The van der Waals surface area contributed by atoms with Crippen LogP contribution in [0.4, 0.5) is 18.0 Å². The van der Waals surface area contributed by atoms with Crippen molar-refractivity contribution in [1.29, 1.82) is 0 Å². The molecule has 0 unspecified atom stereocenters. The van der Waals surface area contributed by atoms with Crippen molar-refractivity contribution in [3.63, 3.8) is 0 Å². The highest BCUT2D eigenvalue weighted by molar-refractivity contribution is 7.87. The number of hydrogen-bond donors (Lipinski definition) is 1. The first-order chi connectivity index (χ1) is 15.0. The van der Waals surface area contributed by atoms with Crippen LogP contribution in [0, 0.1) is 6.92 Å². The summed E-state index contributed by atoms with van der Waals surface area (Å²) in [6.07, 6.45) is 2.32. The lowest BCUT2D eigenvalue weighted by atomic mass is 9.88. The Labute approximate surface area is 184 Å². The van der Waals surface area contributed by atoms with Crippen LogP contribution in [-0.4, -0.2) is 49.7 Å². The standard InChI is InChI=1S/C21H26F3NO6S/c1-14-12-16(15-8-10-25(11-9-15)20(26)27)6-7-18(14)30-13-17-4-2-3-5-19(17)31-32(28,29)21(22,23)24/h6-7,12,15H,2-5,8-11,13H2,1H3,(H,26,27). The van der Waals surface area contributed by atoms with Gasteiger partial charge in [-0.3, -0.25) is 0 Å². The third kappa shape index (κ3) is 5.67. The van der Waals surface area contributed by atoms with Gasteiger partial charge in [-0.05, 0) is 62.1 Å². The van der Waals surface area contributed by atoms with E-state index >= 15 is 0 Å². The SMILES string of the molecule is Cc1cc(C2CCN(C(=O)O)CC2)ccc1OCC1=C(OS(=O)(=O)C(F)(F)F)CCCC1. The number of halogens is 3. The molecule has 1 aromatic carbocycles. The molecule has 178 valence electrons. The van der Waals surface area contributed by atoms with Crippen molar-refractivity contribution < 1.29 is 40.4 Å². The number of carboxylic acid groups (broad SMARTS) is 1. The Morgan fingerprint density at radius 3 is 2.44 bits per heavy atom. The molecule has 1 amide bonds. The van der Waals surface area contributed by atoms with Crippen molar-refractivity contribution >= 4 is 16.2 Å². The molecule has 1 aliphatic carbocycles. The van der Waals surface area contributed by atoms with Crippen LogP contribution in [0.3, 0.4) is 0 Å². The van der Waals surface area contributed by atoms with Gasteiger partial charge in [0.05, 0.1) is 0 Å². The molecule has 0 atom stereocenters. The lowest BCUT2D eigenvalue weighted by Gasteiger charge is -2.30. The molecule has 32 heavy (non-hydrogen) atoms. The Morgan fingerprint density at radius 2 is 1.84 bits per heavy atom. The average Bonchev–Trinajstić information content (AvgIpc) is 2.73. The normalized spacial score (nSPS) is 18.6. The second-order valence-electron chi connectivity index (χ2n) is 8.07. The van der Waals surface area contributed by atoms with Crippen LogP contribution in [-0.2, 0) is 14.3 Å². The van der Waals surface area contributed by atoms with E-state index in [1.807, 2.05) is 19.1 Å². The molecule has 2 aliphatic rings. The fourth-order valence-electron chi connectivity index (χ4n) is 4.03. The first-order valence-corrected chi connectivity index (χ1v) is 11.8. The highest BCUT2D eigenvalue weighted by atomic mass is 32.2. The third-order valence-corrected chi connectivity index (χ3v) is 6.85. The van der Waals surface area contributed by atoms with Gasteiger partial charge in [0.15, 0.2) is 0 Å². The molecule has 1 saturated heterocycles. The molecule has 11 heteroatoms. The van der Waals surface area contributed by atoms with Crippen molar-refractivity contribution in [2.45, 2.75) is 56.9 Å². The Kier molecular flexibility index (Phi) is 7.26. The first-order valence-electron chi connectivity index (χ1n) is 10.4. The summed E-state index contributed by atoms with van der Waals surface area (Å²) in [5, 5.41) is 9.07. The number of rotatable bonds is 6. The minimum Gasteiger partial charge on any atom is -0.489 e. The number of alkyl halides is 3. The second-order valence-corrected chi connectivity index (χ2v) is 9.61. The molecule has 1 aliphatic heterocycles. The number of amides is 1. The Morgan fingerprint density at radius 1 is 1.19 bits per heavy atom. The van der Waals surface area contributed by atoms with Crippen LogP contribution in [0.5, 0.6) is 5.75 Å². The van der Waals surface area contributed by atoms with Gasteiger partial charge in [-0.25, -0.2) is 4.79 Å². The smallest absolute Gasteiger partial charge is 0.489 e. The zero-order chi connectivity index (χ0) is 23.5. The van der Waals surface area contributed by atoms with E-state index < -0.39 is 21.7 Å². The molecule has 0 saturated carbocycles. The van der Waals surface area contributed by atoms with E-state index in [1.165, 1.54) is 4.90 Å². The quantitative estimate of drug-likeness (QED) is 0.462. The maximum atomic E-state index is 12.7. The minimum absolute atomic E-state index is 0.0557. The van der Waals surface area contributed by atoms with Crippen LogP contribution in [0.2, 0.25) is 0 Å².